The fraction of sp³-hybridized carbons (Fsp3) is 0.333. The third-order valence-electron chi connectivity index (χ3n) is 1.06. The Hall–Kier alpha value is -1.10. The molecule has 5 heteroatoms. The van der Waals surface area contributed by atoms with Crippen LogP contribution in [0.25, 0.3) is 0 Å². The van der Waals surface area contributed by atoms with Crippen molar-refractivity contribution in [1.29, 1.82) is 0 Å². The Bertz CT molecular complexity index is 259. The van der Waals surface area contributed by atoms with Crippen LogP contribution in [-0.2, 0) is 11.2 Å². The Kier molecular flexibility index (Phi) is 2.43. The van der Waals surface area contributed by atoms with Gasteiger partial charge in [0, 0.05) is 5.38 Å². The van der Waals surface area contributed by atoms with E-state index >= 15 is 0 Å². The van der Waals surface area contributed by atoms with Crippen molar-refractivity contribution >= 4 is 17.2 Å². The van der Waals surface area contributed by atoms with Crippen molar-refractivity contribution in [2.24, 2.45) is 5.73 Å². The highest BCUT2D eigenvalue weighted by molar-refractivity contribution is 7.11. The minimum atomic E-state index is -0.377. The summed E-state index contributed by atoms with van der Waals surface area (Å²) in [5.41, 5.74) is 5.63. The standard InChI is InChI=1S/C6H8N2O2S/c1-10-6-8-4(3-11-6)2-5(7)9/h3H,2H2,1H3,(H2,7,9). The molecule has 0 unspecified atom stereocenters. The molecular weight excluding hydrogens is 164 g/mol. The predicted octanol–water partition coefficient (Wildman–Crippen LogP) is 0.179. The maximum absolute atomic E-state index is 10.4. The molecule has 0 aliphatic rings. The van der Waals surface area contributed by atoms with Gasteiger partial charge in [0.05, 0.1) is 19.2 Å². The molecule has 0 aliphatic carbocycles. The minimum absolute atomic E-state index is 0.180. The van der Waals surface area contributed by atoms with Crippen molar-refractivity contribution in [1.82, 2.24) is 4.98 Å². The number of hydrogen-bond acceptors (Lipinski definition) is 4. The molecule has 1 aromatic rings. The lowest BCUT2D eigenvalue weighted by Crippen LogP contribution is -2.13. The highest BCUT2D eigenvalue weighted by atomic mass is 32.1. The molecule has 0 spiro atoms. The molecule has 0 radical (unpaired) electrons. The molecule has 0 bridgehead atoms. The van der Waals surface area contributed by atoms with Crippen LogP contribution >= 0.6 is 11.3 Å². The summed E-state index contributed by atoms with van der Waals surface area (Å²) in [5, 5.41) is 2.31. The van der Waals surface area contributed by atoms with Crippen LogP contribution in [0.2, 0.25) is 0 Å². The molecule has 0 aliphatic heterocycles. The van der Waals surface area contributed by atoms with E-state index in [0.29, 0.717) is 10.9 Å². The lowest BCUT2D eigenvalue weighted by molar-refractivity contribution is -0.117. The molecule has 0 fully saturated rings. The van der Waals surface area contributed by atoms with E-state index in [2.05, 4.69) is 4.98 Å². The number of amides is 1. The Labute approximate surface area is 68.0 Å². The number of methoxy groups -OCH3 is 1. The van der Waals surface area contributed by atoms with Gasteiger partial charge in [0.1, 0.15) is 0 Å². The summed E-state index contributed by atoms with van der Waals surface area (Å²) in [6, 6.07) is 0. The van der Waals surface area contributed by atoms with Gasteiger partial charge in [0.15, 0.2) is 0 Å². The van der Waals surface area contributed by atoms with Gasteiger partial charge in [-0.25, -0.2) is 4.98 Å². The van der Waals surface area contributed by atoms with Gasteiger partial charge in [0.25, 0.3) is 5.19 Å². The molecule has 11 heavy (non-hydrogen) atoms. The SMILES string of the molecule is COc1nc(CC(N)=O)cs1. The second-order valence-corrected chi connectivity index (χ2v) is 2.77. The Morgan fingerprint density at radius 1 is 1.91 bits per heavy atom. The molecule has 4 nitrogen and oxygen atoms in total. The molecule has 0 saturated carbocycles. The predicted molar refractivity (Wildman–Crippen MR) is 41.6 cm³/mol. The molecule has 1 heterocycles. The van der Waals surface area contributed by atoms with Crippen LogP contribution in [0.1, 0.15) is 5.69 Å². The third-order valence-corrected chi connectivity index (χ3v) is 1.91. The van der Waals surface area contributed by atoms with E-state index < -0.39 is 0 Å². The third kappa shape index (κ3) is 2.19. The monoisotopic (exact) mass is 172 g/mol. The molecule has 0 aromatic carbocycles. The van der Waals surface area contributed by atoms with Gasteiger partial charge in [-0.3, -0.25) is 4.79 Å². The summed E-state index contributed by atoms with van der Waals surface area (Å²) in [4.78, 5) is 14.4. The number of carbonyl (C=O) groups is 1. The highest BCUT2D eigenvalue weighted by Crippen LogP contribution is 2.16. The van der Waals surface area contributed by atoms with Crippen LogP contribution in [0, 0.1) is 0 Å². The number of hydrogen-bond donors (Lipinski definition) is 1. The summed E-state index contributed by atoms with van der Waals surface area (Å²) in [6.45, 7) is 0. The summed E-state index contributed by atoms with van der Waals surface area (Å²) >= 11 is 1.35. The number of thiazole rings is 1. The van der Waals surface area contributed by atoms with Crippen molar-refractivity contribution < 1.29 is 9.53 Å². The van der Waals surface area contributed by atoms with Crippen molar-refractivity contribution in [3.8, 4) is 5.19 Å². The lowest BCUT2D eigenvalue weighted by atomic mass is 10.3. The summed E-state index contributed by atoms with van der Waals surface area (Å²) in [5.74, 6) is -0.377. The smallest absolute Gasteiger partial charge is 0.273 e. The number of primary amides is 1. The molecule has 1 aromatic heterocycles. The van der Waals surface area contributed by atoms with Gasteiger partial charge >= 0.3 is 0 Å². The zero-order chi connectivity index (χ0) is 8.27. The quantitative estimate of drug-likeness (QED) is 0.707. The maximum atomic E-state index is 10.4. The Morgan fingerprint density at radius 3 is 3.09 bits per heavy atom. The molecule has 1 amide bonds. The number of ether oxygens (including phenoxy) is 1. The van der Waals surface area contributed by atoms with Gasteiger partial charge in [-0.15, -0.1) is 0 Å². The first kappa shape index (κ1) is 8.00. The van der Waals surface area contributed by atoms with Crippen LogP contribution in [0.15, 0.2) is 5.38 Å². The van der Waals surface area contributed by atoms with Gasteiger partial charge < -0.3 is 10.5 Å². The fourth-order valence-electron chi connectivity index (χ4n) is 0.642. The first-order valence-corrected chi connectivity index (χ1v) is 3.87. The summed E-state index contributed by atoms with van der Waals surface area (Å²) in [7, 11) is 1.53. The zero-order valence-electron chi connectivity index (χ0n) is 6.03. The van der Waals surface area contributed by atoms with Gasteiger partial charge in [-0.1, -0.05) is 11.3 Å². The first-order valence-electron chi connectivity index (χ1n) is 2.99. The van der Waals surface area contributed by atoms with E-state index in [1.165, 1.54) is 18.4 Å². The summed E-state index contributed by atoms with van der Waals surface area (Å²) < 4.78 is 4.83. The van der Waals surface area contributed by atoms with Crippen molar-refractivity contribution in [2.45, 2.75) is 6.42 Å². The van der Waals surface area contributed by atoms with Gasteiger partial charge in [-0.05, 0) is 0 Å². The fourth-order valence-corrected chi connectivity index (χ4v) is 1.28. The lowest BCUT2D eigenvalue weighted by Gasteiger charge is -1.89. The number of nitrogens with two attached hydrogens (primary N) is 1. The van der Waals surface area contributed by atoms with Crippen molar-refractivity contribution in [2.75, 3.05) is 7.11 Å². The van der Waals surface area contributed by atoms with Crippen molar-refractivity contribution in [3.63, 3.8) is 0 Å². The van der Waals surface area contributed by atoms with E-state index in [9.17, 15) is 4.79 Å². The van der Waals surface area contributed by atoms with E-state index in [1.807, 2.05) is 0 Å². The molecule has 60 valence electrons. The average molecular weight is 172 g/mol. The van der Waals surface area contributed by atoms with Crippen LogP contribution < -0.4 is 10.5 Å². The molecule has 0 atom stereocenters. The Morgan fingerprint density at radius 2 is 2.64 bits per heavy atom. The largest absolute Gasteiger partial charge is 0.473 e. The second kappa shape index (κ2) is 3.34. The maximum Gasteiger partial charge on any atom is 0.273 e. The van der Waals surface area contributed by atoms with E-state index in [-0.39, 0.29) is 12.3 Å². The molecule has 1 rings (SSSR count). The van der Waals surface area contributed by atoms with Gasteiger partial charge in [-0.2, -0.15) is 0 Å². The highest BCUT2D eigenvalue weighted by Gasteiger charge is 2.03. The van der Waals surface area contributed by atoms with Crippen molar-refractivity contribution in [3.05, 3.63) is 11.1 Å². The van der Waals surface area contributed by atoms with Crippen LogP contribution in [0.4, 0.5) is 0 Å². The molecule has 2 N–H and O–H groups in total. The number of rotatable bonds is 3. The number of nitrogens with zero attached hydrogens (tertiary/aromatic N) is 1. The van der Waals surface area contributed by atoms with E-state index in [1.54, 1.807) is 5.38 Å². The van der Waals surface area contributed by atoms with Crippen LogP contribution in [-0.4, -0.2) is 18.0 Å². The minimum Gasteiger partial charge on any atom is -0.473 e. The Balaban J connectivity index is 2.65. The van der Waals surface area contributed by atoms with E-state index in [4.69, 9.17) is 10.5 Å². The van der Waals surface area contributed by atoms with E-state index in [0.717, 1.165) is 0 Å². The number of aromatic nitrogens is 1. The first-order chi connectivity index (χ1) is 5.22. The second-order valence-electron chi connectivity index (χ2n) is 1.95. The molecular formula is C6H8N2O2S. The normalized spacial score (nSPS) is 9.55. The summed E-state index contributed by atoms with van der Waals surface area (Å²) in [6.07, 6.45) is 0.180. The topological polar surface area (TPSA) is 65.2 Å². The average Bonchev–Trinajstić information content (AvgIpc) is 2.34. The van der Waals surface area contributed by atoms with Crippen LogP contribution in [0.5, 0.6) is 5.19 Å². The number of carbonyl (C=O) groups excluding carboxylic acids is 1. The zero-order valence-corrected chi connectivity index (χ0v) is 6.85. The van der Waals surface area contributed by atoms with Crippen LogP contribution in [0.3, 0.4) is 0 Å². The molecule has 0 saturated heterocycles. The van der Waals surface area contributed by atoms with Gasteiger partial charge in [0.2, 0.25) is 5.91 Å².